The van der Waals surface area contributed by atoms with Crippen LogP contribution in [-0.2, 0) is 16.0 Å². The van der Waals surface area contributed by atoms with Gasteiger partial charge in [-0.25, -0.2) is 0 Å². The maximum atomic E-state index is 11.2. The van der Waals surface area contributed by atoms with E-state index in [0.717, 1.165) is 19.3 Å². The molecule has 0 aromatic heterocycles. The van der Waals surface area contributed by atoms with Gasteiger partial charge in [0.05, 0.1) is 12.8 Å². The molecule has 0 heterocycles. The summed E-state index contributed by atoms with van der Waals surface area (Å²) in [5.41, 5.74) is 1.83. The fourth-order valence-electron chi connectivity index (χ4n) is 1.75. The number of likely N-dealkylation sites (N-methyl/N-ethyl adjacent to an activating group) is 1. The van der Waals surface area contributed by atoms with E-state index in [1.807, 2.05) is 12.1 Å². The number of aromatic hydroxyl groups is 1. The summed E-state index contributed by atoms with van der Waals surface area (Å²) >= 11 is 0. The number of carbonyl (C=O) groups excluding carboxylic acids is 1. The highest BCUT2D eigenvalue weighted by Gasteiger charge is 2.11. The smallest absolute Gasteiger partial charge is 0.325 e. The third-order valence-electron chi connectivity index (χ3n) is 2.86. The van der Waals surface area contributed by atoms with Crippen molar-refractivity contribution in [3.8, 4) is 5.75 Å². The molecule has 0 aliphatic rings. The lowest BCUT2D eigenvalue weighted by Gasteiger charge is -2.19. The summed E-state index contributed by atoms with van der Waals surface area (Å²) in [6.45, 7) is 2.27. The molecule has 0 aliphatic carbocycles. The molecule has 1 rings (SSSR count). The van der Waals surface area contributed by atoms with Gasteiger partial charge in [0.25, 0.3) is 0 Å². The number of aryl methyl sites for hydroxylation is 1. The third-order valence-corrected chi connectivity index (χ3v) is 2.86. The largest absolute Gasteiger partial charge is 0.506 e. The van der Waals surface area contributed by atoms with Crippen molar-refractivity contribution in [3.05, 3.63) is 23.8 Å². The van der Waals surface area contributed by atoms with Crippen molar-refractivity contribution in [3.63, 3.8) is 0 Å². The summed E-state index contributed by atoms with van der Waals surface area (Å²) in [7, 11) is 3.11. The van der Waals surface area contributed by atoms with Gasteiger partial charge in [-0.3, -0.25) is 4.79 Å². The number of esters is 1. The molecule has 18 heavy (non-hydrogen) atoms. The van der Waals surface area contributed by atoms with Crippen molar-refractivity contribution in [2.75, 3.05) is 25.6 Å². The van der Waals surface area contributed by atoms with Crippen LogP contribution in [0.5, 0.6) is 5.75 Å². The number of methoxy groups -OCH3 is 1. The molecule has 0 saturated heterocycles. The van der Waals surface area contributed by atoms with Crippen molar-refractivity contribution in [2.45, 2.75) is 26.2 Å². The van der Waals surface area contributed by atoms with E-state index >= 15 is 0 Å². The molecule has 1 aromatic rings. The first kappa shape index (κ1) is 14.4. The summed E-state index contributed by atoms with van der Waals surface area (Å²) in [5, 5.41) is 9.82. The molecule has 0 amide bonds. The number of carbonyl (C=O) groups is 1. The van der Waals surface area contributed by atoms with Crippen LogP contribution in [0.25, 0.3) is 0 Å². The van der Waals surface area contributed by atoms with E-state index in [2.05, 4.69) is 11.7 Å². The molecule has 0 bridgehead atoms. The standard InChI is InChI=1S/C14H21NO3/c1-4-5-6-11-7-8-13(16)12(9-11)15(2)10-14(17)18-3/h7-9,16H,4-6,10H2,1-3H3. The van der Waals surface area contributed by atoms with Crippen LogP contribution in [0.4, 0.5) is 5.69 Å². The Labute approximate surface area is 108 Å². The molecule has 1 N–H and O–H groups in total. The minimum atomic E-state index is -0.323. The molecule has 0 unspecified atom stereocenters. The maximum absolute atomic E-state index is 11.2. The summed E-state index contributed by atoms with van der Waals surface area (Å²) < 4.78 is 4.62. The average molecular weight is 251 g/mol. The Morgan fingerprint density at radius 2 is 2.17 bits per heavy atom. The van der Waals surface area contributed by atoms with Crippen molar-refractivity contribution in [1.82, 2.24) is 0 Å². The molecule has 0 aliphatic heterocycles. The molecule has 100 valence electrons. The lowest BCUT2D eigenvalue weighted by atomic mass is 10.1. The summed E-state index contributed by atoms with van der Waals surface area (Å²) in [6.07, 6.45) is 3.23. The van der Waals surface area contributed by atoms with Crippen molar-refractivity contribution in [2.24, 2.45) is 0 Å². The van der Waals surface area contributed by atoms with E-state index in [0.29, 0.717) is 5.69 Å². The van der Waals surface area contributed by atoms with E-state index in [-0.39, 0.29) is 18.3 Å². The number of phenols is 1. The van der Waals surface area contributed by atoms with E-state index in [1.165, 1.54) is 12.7 Å². The number of rotatable bonds is 6. The lowest BCUT2D eigenvalue weighted by molar-refractivity contribution is -0.138. The number of unbranched alkanes of at least 4 members (excludes halogenated alkanes) is 1. The van der Waals surface area contributed by atoms with Gasteiger partial charge < -0.3 is 14.7 Å². The molecule has 4 heteroatoms. The van der Waals surface area contributed by atoms with Gasteiger partial charge >= 0.3 is 5.97 Å². The zero-order chi connectivity index (χ0) is 13.5. The Kier molecular flexibility index (Phi) is 5.49. The van der Waals surface area contributed by atoms with Crippen LogP contribution >= 0.6 is 0 Å². The first-order valence-corrected chi connectivity index (χ1v) is 6.18. The van der Waals surface area contributed by atoms with Crippen LogP contribution < -0.4 is 4.90 Å². The van der Waals surface area contributed by atoms with Gasteiger partial charge in [0.1, 0.15) is 12.3 Å². The van der Waals surface area contributed by atoms with Gasteiger partial charge in [-0.15, -0.1) is 0 Å². The summed E-state index contributed by atoms with van der Waals surface area (Å²) in [5.74, 6) is -0.141. The third kappa shape index (κ3) is 3.95. The number of hydrogen-bond donors (Lipinski definition) is 1. The van der Waals surface area contributed by atoms with Gasteiger partial charge in [0.2, 0.25) is 0 Å². The Balaban J connectivity index is 2.82. The van der Waals surface area contributed by atoms with Crippen molar-refractivity contribution in [1.29, 1.82) is 0 Å². The molecule has 4 nitrogen and oxygen atoms in total. The number of phenolic OH excluding ortho intramolecular Hbond substituents is 1. The Morgan fingerprint density at radius 1 is 1.44 bits per heavy atom. The summed E-state index contributed by atoms with van der Waals surface area (Å²) in [6, 6.07) is 5.52. The highest BCUT2D eigenvalue weighted by Crippen LogP contribution is 2.27. The topological polar surface area (TPSA) is 49.8 Å². The molecule has 0 spiro atoms. The van der Waals surface area contributed by atoms with Gasteiger partial charge in [0.15, 0.2) is 0 Å². The molecule has 0 saturated carbocycles. The highest BCUT2D eigenvalue weighted by molar-refractivity contribution is 5.76. The van der Waals surface area contributed by atoms with Gasteiger partial charge in [-0.2, -0.15) is 0 Å². The monoisotopic (exact) mass is 251 g/mol. The fourth-order valence-corrected chi connectivity index (χ4v) is 1.75. The summed E-state index contributed by atoms with van der Waals surface area (Å²) in [4.78, 5) is 12.9. The predicted molar refractivity (Wildman–Crippen MR) is 72.0 cm³/mol. The second kappa shape index (κ2) is 6.89. The maximum Gasteiger partial charge on any atom is 0.325 e. The van der Waals surface area contributed by atoms with E-state index in [1.54, 1.807) is 18.0 Å². The van der Waals surface area contributed by atoms with Gasteiger partial charge in [0, 0.05) is 7.05 Å². The number of nitrogens with zero attached hydrogens (tertiary/aromatic N) is 1. The predicted octanol–water partition coefficient (Wildman–Crippen LogP) is 2.34. The number of anilines is 1. The van der Waals surface area contributed by atoms with Gasteiger partial charge in [-0.1, -0.05) is 19.4 Å². The minimum Gasteiger partial charge on any atom is -0.506 e. The lowest BCUT2D eigenvalue weighted by Crippen LogP contribution is -2.26. The Bertz CT molecular complexity index is 404. The molecular formula is C14H21NO3. The first-order valence-electron chi connectivity index (χ1n) is 6.18. The van der Waals surface area contributed by atoms with Crippen LogP contribution in [0.3, 0.4) is 0 Å². The number of hydrogen-bond acceptors (Lipinski definition) is 4. The SMILES string of the molecule is CCCCc1ccc(O)c(N(C)CC(=O)OC)c1. The minimum absolute atomic E-state index is 0.126. The van der Waals surface area contributed by atoms with Crippen LogP contribution in [-0.4, -0.2) is 31.8 Å². The highest BCUT2D eigenvalue weighted by atomic mass is 16.5. The second-order valence-corrected chi connectivity index (χ2v) is 4.36. The van der Waals surface area contributed by atoms with E-state index < -0.39 is 0 Å². The second-order valence-electron chi connectivity index (χ2n) is 4.36. The molecule has 0 radical (unpaired) electrons. The van der Waals surface area contributed by atoms with Crippen LogP contribution in [0.1, 0.15) is 25.3 Å². The quantitative estimate of drug-likeness (QED) is 0.788. The first-order chi connectivity index (χ1) is 8.58. The zero-order valence-electron chi connectivity index (χ0n) is 11.3. The van der Waals surface area contributed by atoms with Gasteiger partial charge in [-0.05, 0) is 30.5 Å². The van der Waals surface area contributed by atoms with E-state index in [9.17, 15) is 9.90 Å². The van der Waals surface area contributed by atoms with Crippen LogP contribution in [0.2, 0.25) is 0 Å². The fraction of sp³-hybridized carbons (Fsp3) is 0.500. The number of benzene rings is 1. The normalized spacial score (nSPS) is 10.2. The van der Waals surface area contributed by atoms with Crippen LogP contribution in [0.15, 0.2) is 18.2 Å². The van der Waals surface area contributed by atoms with Crippen LogP contribution in [0, 0.1) is 0 Å². The molecule has 0 atom stereocenters. The van der Waals surface area contributed by atoms with Crippen molar-refractivity contribution < 1.29 is 14.6 Å². The Hall–Kier alpha value is -1.71. The van der Waals surface area contributed by atoms with E-state index in [4.69, 9.17) is 0 Å². The average Bonchev–Trinajstić information content (AvgIpc) is 2.37. The molecule has 0 fully saturated rings. The number of ether oxygens (including phenoxy) is 1. The molecular weight excluding hydrogens is 230 g/mol. The van der Waals surface area contributed by atoms with Crippen molar-refractivity contribution >= 4 is 11.7 Å². The molecule has 1 aromatic carbocycles. The zero-order valence-corrected chi connectivity index (χ0v) is 11.3. The Morgan fingerprint density at radius 3 is 2.78 bits per heavy atom.